The number of ether oxygens (including phenoxy) is 1. The maximum absolute atomic E-state index is 13.3. The molecule has 0 bridgehead atoms. The smallest absolute Gasteiger partial charge is 0.276 e. The monoisotopic (exact) mass is 379 g/mol. The molecule has 1 N–H and O–H groups in total. The number of hydrogen-bond acceptors (Lipinski definition) is 3. The summed E-state index contributed by atoms with van der Waals surface area (Å²) < 4.78 is 20.5. The number of fused-ring (bicyclic) bond motifs is 1. The third-order valence-corrected chi connectivity index (χ3v) is 4.89. The van der Waals surface area contributed by atoms with Gasteiger partial charge in [0.15, 0.2) is 5.69 Å². The van der Waals surface area contributed by atoms with Crippen LogP contribution in [0.4, 0.5) is 10.1 Å². The van der Waals surface area contributed by atoms with E-state index in [9.17, 15) is 9.18 Å². The number of anilines is 1. The summed E-state index contributed by atoms with van der Waals surface area (Å²) in [4.78, 5) is 12.9. The largest absolute Gasteiger partial charge is 0.494 e. The molecule has 1 aliphatic rings. The number of benzene rings is 2. The summed E-state index contributed by atoms with van der Waals surface area (Å²) in [7, 11) is 0. The highest BCUT2D eigenvalue weighted by Gasteiger charge is 2.25. The highest BCUT2D eigenvalue weighted by molar-refractivity contribution is 6.04. The molecule has 0 radical (unpaired) electrons. The van der Waals surface area contributed by atoms with E-state index in [-0.39, 0.29) is 11.7 Å². The first kappa shape index (κ1) is 18.2. The molecule has 0 saturated carbocycles. The van der Waals surface area contributed by atoms with Crippen LogP contribution < -0.4 is 10.1 Å². The van der Waals surface area contributed by atoms with Gasteiger partial charge in [0.05, 0.1) is 12.3 Å². The molecular weight excluding hydrogens is 357 g/mol. The molecule has 5 nitrogen and oxygen atoms in total. The number of aromatic nitrogens is 2. The summed E-state index contributed by atoms with van der Waals surface area (Å²) in [5, 5.41) is 7.51. The number of nitrogens with one attached hydrogen (secondary N) is 1. The third-order valence-electron chi connectivity index (χ3n) is 4.89. The number of carbonyl (C=O) groups excluding carboxylic acids is 1. The summed E-state index contributed by atoms with van der Waals surface area (Å²) in [6.45, 7) is 2.52. The molecule has 0 unspecified atom stereocenters. The minimum atomic E-state index is -0.293. The molecule has 1 amide bonds. The molecule has 1 heterocycles. The van der Waals surface area contributed by atoms with Gasteiger partial charge in [-0.15, -0.1) is 0 Å². The van der Waals surface area contributed by atoms with Gasteiger partial charge in [-0.1, -0.05) is 0 Å². The lowest BCUT2D eigenvalue weighted by molar-refractivity contribution is 0.102. The first-order valence-electron chi connectivity index (χ1n) is 9.56. The quantitative estimate of drug-likeness (QED) is 0.708. The first-order chi connectivity index (χ1) is 13.7. The van der Waals surface area contributed by atoms with Crippen molar-refractivity contribution in [2.45, 2.75) is 32.6 Å². The van der Waals surface area contributed by atoms with Crippen LogP contribution in [0.25, 0.3) is 5.69 Å². The Hall–Kier alpha value is -3.15. The van der Waals surface area contributed by atoms with Crippen molar-refractivity contribution >= 4 is 11.6 Å². The summed E-state index contributed by atoms with van der Waals surface area (Å²) in [5.41, 5.74) is 3.91. The number of hydrogen-bond donors (Lipinski definition) is 1. The Bertz CT molecular complexity index is 978. The molecule has 1 aliphatic carbocycles. The molecule has 6 heteroatoms. The Morgan fingerprint density at radius 3 is 2.54 bits per heavy atom. The predicted molar refractivity (Wildman–Crippen MR) is 106 cm³/mol. The fourth-order valence-electron chi connectivity index (χ4n) is 3.57. The Morgan fingerprint density at radius 1 is 1.11 bits per heavy atom. The zero-order chi connectivity index (χ0) is 19.5. The van der Waals surface area contributed by atoms with Crippen LogP contribution in [0.2, 0.25) is 0 Å². The highest BCUT2D eigenvalue weighted by atomic mass is 19.1. The number of amides is 1. The summed E-state index contributed by atoms with van der Waals surface area (Å²) in [6.07, 6.45) is 3.77. The molecule has 2 aromatic carbocycles. The second kappa shape index (κ2) is 7.84. The van der Waals surface area contributed by atoms with Crippen molar-refractivity contribution in [3.05, 3.63) is 71.3 Å². The van der Waals surface area contributed by atoms with Gasteiger partial charge in [-0.25, -0.2) is 9.07 Å². The maximum atomic E-state index is 13.3. The Morgan fingerprint density at radius 2 is 1.82 bits per heavy atom. The van der Waals surface area contributed by atoms with E-state index in [0.29, 0.717) is 18.0 Å². The Balaban J connectivity index is 1.63. The van der Waals surface area contributed by atoms with Crippen molar-refractivity contribution in [3.8, 4) is 11.4 Å². The van der Waals surface area contributed by atoms with E-state index >= 15 is 0 Å². The van der Waals surface area contributed by atoms with Gasteiger partial charge in [0, 0.05) is 16.9 Å². The van der Waals surface area contributed by atoms with E-state index in [4.69, 9.17) is 4.74 Å². The number of halogens is 1. The summed E-state index contributed by atoms with van der Waals surface area (Å²) in [5.74, 6) is 0.236. The lowest BCUT2D eigenvalue weighted by Gasteiger charge is -2.14. The molecule has 0 aliphatic heterocycles. The minimum absolute atomic E-state index is 0.233. The molecule has 28 heavy (non-hydrogen) atoms. The molecule has 0 spiro atoms. The normalized spacial score (nSPS) is 13.1. The zero-order valence-electron chi connectivity index (χ0n) is 15.7. The van der Waals surface area contributed by atoms with Gasteiger partial charge in [-0.3, -0.25) is 4.79 Å². The molecule has 144 valence electrons. The SMILES string of the molecule is CCOc1ccc(NC(=O)c2nn(-c3ccc(F)cc3)c3c2CCCC3)cc1. The van der Waals surface area contributed by atoms with Crippen LogP contribution >= 0.6 is 0 Å². The average molecular weight is 379 g/mol. The van der Waals surface area contributed by atoms with E-state index < -0.39 is 0 Å². The highest BCUT2D eigenvalue weighted by Crippen LogP contribution is 2.28. The standard InChI is InChI=1S/C22H22FN3O2/c1-2-28-18-13-9-16(10-14-18)24-22(27)21-19-5-3-4-6-20(19)26(25-21)17-11-7-15(23)8-12-17/h7-14H,2-6H2,1H3,(H,24,27). The molecule has 0 saturated heterocycles. The van der Waals surface area contributed by atoms with Gasteiger partial charge < -0.3 is 10.1 Å². The van der Waals surface area contributed by atoms with Crippen LogP contribution in [-0.2, 0) is 12.8 Å². The topological polar surface area (TPSA) is 56.1 Å². The predicted octanol–water partition coefficient (Wildman–Crippen LogP) is 4.54. The van der Waals surface area contributed by atoms with E-state index in [1.165, 1.54) is 12.1 Å². The molecule has 4 rings (SSSR count). The van der Waals surface area contributed by atoms with Gasteiger partial charge in [0.25, 0.3) is 5.91 Å². The minimum Gasteiger partial charge on any atom is -0.494 e. The van der Waals surface area contributed by atoms with E-state index in [1.54, 1.807) is 16.8 Å². The number of nitrogens with zero attached hydrogens (tertiary/aromatic N) is 2. The fourth-order valence-corrected chi connectivity index (χ4v) is 3.57. The maximum Gasteiger partial charge on any atom is 0.276 e. The van der Waals surface area contributed by atoms with Gasteiger partial charge in [-0.05, 0) is 81.1 Å². The van der Waals surface area contributed by atoms with Crippen molar-refractivity contribution < 1.29 is 13.9 Å². The van der Waals surface area contributed by atoms with Gasteiger partial charge in [-0.2, -0.15) is 5.10 Å². The van der Waals surface area contributed by atoms with E-state index in [2.05, 4.69) is 10.4 Å². The second-order valence-electron chi connectivity index (χ2n) is 6.78. The van der Waals surface area contributed by atoms with Crippen molar-refractivity contribution in [1.82, 2.24) is 9.78 Å². The Labute approximate surface area is 163 Å². The molecular formula is C22H22FN3O2. The van der Waals surface area contributed by atoms with Crippen LogP contribution in [0.1, 0.15) is 41.5 Å². The van der Waals surface area contributed by atoms with Crippen LogP contribution in [0.5, 0.6) is 5.75 Å². The van der Waals surface area contributed by atoms with Crippen LogP contribution in [0.15, 0.2) is 48.5 Å². The van der Waals surface area contributed by atoms with Crippen LogP contribution in [0, 0.1) is 5.82 Å². The molecule has 1 aromatic heterocycles. The zero-order valence-corrected chi connectivity index (χ0v) is 15.7. The molecule has 0 fully saturated rings. The summed E-state index contributed by atoms with van der Waals surface area (Å²) in [6, 6.07) is 13.5. The van der Waals surface area contributed by atoms with Crippen molar-refractivity contribution in [1.29, 1.82) is 0 Å². The van der Waals surface area contributed by atoms with Crippen LogP contribution in [0.3, 0.4) is 0 Å². The van der Waals surface area contributed by atoms with Crippen molar-refractivity contribution in [2.24, 2.45) is 0 Å². The average Bonchev–Trinajstić information content (AvgIpc) is 3.10. The van der Waals surface area contributed by atoms with Crippen LogP contribution in [-0.4, -0.2) is 22.3 Å². The van der Waals surface area contributed by atoms with Crippen molar-refractivity contribution in [2.75, 3.05) is 11.9 Å². The third kappa shape index (κ3) is 3.63. The van der Waals surface area contributed by atoms with E-state index in [1.807, 2.05) is 31.2 Å². The fraction of sp³-hybridized carbons (Fsp3) is 0.273. The van der Waals surface area contributed by atoms with Crippen molar-refractivity contribution in [3.63, 3.8) is 0 Å². The van der Waals surface area contributed by atoms with Gasteiger partial charge in [0.1, 0.15) is 11.6 Å². The van der Waals surface area contributed by atoms with Gasteiger partial charge in [0.2, 0.25) is 0 Å². The number of carbonyl (C=O) groups is 1. The second-order valence-corrected chi connectivity index (χ2v) is 6.78. The van der Waals surface area contributed by atoms with E-state index in [0.717, 1.165) is 48.4 Å². The molecule has 0 atom stereocenters. The lowest BCUT2D eigenvalue weighted by atomic mass is 9.95. The summed E-state index contributed by atoms with van der Waals surface area (Å²) >= 11 is 0. The Kier molecular flexibility index (Phi) is 5.10. The first-order valence-corrected chi connectivity index (χ1v) is 9.56. The number of rotatable bonds is 5. The molecule has 3 aromatic rings. The van der Waals surface area contributed by atoms with Gasteiger partial charge >= 0.3 is 0 Å². The lowest BCUT2D eigenvalue weighted by Crippen LogP contribution is -2.15.